The van der Waals surface area contributed by atoms with Gasteiger partial charge in [0.15, 0.2) is 0 Å². The summed E-state index contributed by atoms with van der Waals surface area (Å²) in [6, 6.07) is 6.60. The molecule has 120 valence electrons. The van der Waals surface area contributed by atoms with Gasteiger partial charge in [0, 0.05) is 17.1 Å². The summed E-state index contributed by atoms with van der Waals surface area (Å²) in [4.78, 5) is 13.7. The van der Waals surface area contributed by atoms with E-state index in [1.54, 1.807) is 24.9 Å². The van der Waals surface area contributed by atoms with Crippen molar-refractivity contribution in [1.82, 2.24) is 10.2 Å². The Balaban J connectivity index is 2.68. The zero-order chi connectivity index (χ0) is 16.9. The molecule has 0 spiro atoms. The summed E-state index contributed by atoms with van der Waals surface area (Å²) < 4.78 is 13.7. The molecule has 1 unspecified atom stereocenters. The molecule has 0 bridgehead atoms. The maximum absolute atomic E-state index is 13.7. The monoisotopic (exact) mass is 325 g/mol. The van der Waals surface area contributed by atoms with Crippen molar-refractivity contribution >= 4 is 17.5 Å². The third-order valence-corrected chi connectivity index (χ3v) is 4.04. The first-order valence-electron chi connectivity index (χ1n) is 7.03. The van der Waals surface area contributed by atoms with E-state index in [2.05, 4.69) is 11.4 Å². The van der Waals surface area contributed by atoms with Crippen molar-refractivity contribution in [1.29, 1.82) is 5.26 Å². The average molecular weight is 326 g/mol. The van der Waals surface area contributed by atoms with Crippen molar-refractivity contribution in [3.8, 4) is 6.07 Å². The van der Waals surface area contributed by atoms with Crippen LogP contribution in [0.1, 0.15) is 26.3 Å². The molecular weight excluding hydrogens is 305 g/mol. The number of hydrogen-bond donors (Lipinski definition) is 1. The second kappa shape index (κ2) is 7.57. The largest absolute Gasteiger partial charge is 0.337 e. The Morgan fingerprint density at radius 3 is 2.68 bits per heavy atom. The highest BCUT2D eigenvalue weighted by Gasteiger charge is 2.30. The van der Waals surface area contributed by atoms with Gasteiger partial charge in [-0.05, 0) is 32.0 Å². The lowest BCUT2D eigenvalue weighted by Gasteiger charge is -2.28. The minimum Gasteiger partial charge on any atom is -0.337 e. The fourth-order valence-corrected chi connectivity index (χ4v) is 2.11. The van der Waals surface area contributed by atoms with Crippen LogP contribution in [0.4, 0.5) is 4.39 Å². The summed E-state index contributed by atoms with van der Waals surface area (Å²) in [6.45, 7) is 5.68. The van der Waals surface area contributed by atoms with Gasteiger partial charge in [0.1, 0.15) is 11.4 Å². The quantitative estimate of drug-likeness (QED) is 0.874. The summed E-state index contributed by atoms with van der Waals surface area (Å²) in [5.41, 5.74) is -0.570. The van der Waals surface area contributed by atoms with E-state index < -0.39 is 11.4 Å². The molecule has 0 aromatic heterocycles. The van der Waals surface area contributed by atoms with Crippen molar-refractivity contribution in [3.05, 3.63) is 34.6 Å². The van der Waals surface area contributed by atoms with Gasteiger partial charge in [-0.25, -0.2) is 4.39 Å². The molecule has 0 heterocycles. The molecule has 4 nitrogen and oxygen atoms in total. The van der Waals surface area contributed by atoms with Crippen molar-refractivity contribution in [2.24, 2.45) is 5.92 Å². The third-order valence-electron chi connectivity index (χ3n) is 3.69. The zero-order valence-corrected chi connectivity index (χ0v) is 14.0. The zero-order valence-electron chi connectivity index (χ0n) is 13.3. The fourth-order valence-electron chi connectivity index (χ4n) is 1.88. The molecule has 0 saturated carbocycles. The Morgan fingerprint density at radius 1 is 1.55 bits per heavy atom. The van der Waals surface area contributed by atoms with Gasteiger partial charge in [0.05, 0.1) is 12.6 Å². The Bertz CT molecular complexity index is 565. The van der Waals surface area contributed by atoms with E-state index in [9.17, 15) is 14.4 Å². The lowest BCUT2D eigenvalue weighted by molar-refractivity contribution is -0.123. The van der Waals surface area contributed by atoms with Crippen LogP contribution in [0.3, 0.4) is 0 Å². The van der Waals surface area contributed by atoms with Crippen LogP contribution >= 0.6 is 11.6 Å². The minimum absolute atomic E-state index is 0.0206. The van der Waals surface area contributed by atoms with Gasteiger partial charge < -0.3 is 5.32 Å². The van der Waals surface area contributed by atoms with Gasteiger partial charge >= 0.3 is 0 Å². The van der Waals surface area contributed by atoms with Gasteiger partial charge in [-0.15, -0.1) is 0 Å². The van der Waals surface area contributed by atoms with E-state index in [4.69, 9.17) is 11.6 Å². The first-order valence-corrected chi connectivity index (χ1v) is 7.41. The number of nitrogens with zero attached hydrogens (tertiary/aromatic N) is 2. The van der Waals surface area contributed by atoms with Crippen molar-refractivity contribution in [2.75, 3.05) is 13.6 Å². The summed E-state index contributed by atoms with van der Waals surface area (Å²) in [5.74, 6) is -0.704. The molecule has 0 radical (unpaired) electrons. The molecule has 22 heavy (non-hydrogen) atoms. The molecule has 6 heteroatoms. The maximum atomic E-state index is 13.7. The Hall–Kier alpha value is -1.64. The highest BCUT2D eigenvalue weighted by atomic mass is 35.5. The normalized spacial score (nSPS) is 13.8. The van der Waals surface area contributed by atoms with Crippen LogP contribution in [0.15, 0.2) is 18.2 Å². The number of nitrogens with one attached hydrogen (secondary N) is 1. The molecular formula is C16H21ClFN3O. The van der Waals surface area contributed by atoms with Crippen molar-refractivity contribution < 1.29 is 9.18 Å². The first kappa shape index (κ1) is 18.4. The second-order valence-corrected chi connectivity index (χ2v) is 6.30. The van der Waals surface area contributed by atoms with Crippen LogP contribution in [0.5, 0.6) is 0 Å². The fraction of sp³-hybridized carbons (Fsp3) is 0.500. The van der Waals surface area contributed by atoms with Gasteiger partial charge in [-0.1, -0.05) is 31.5 Å². The number of hydrogen-bond acceptors (Lipinski definition) is 3. The standard InChI is InChI=1S/C16H21ClFN3O/c1-11(2)16(3,10-19)20-15(22)9-21(4)8-12-13(17)6-5-7-14(12)18/h5-7,11H,8-9H2,1-4H3,(H,20,22). The van der Waals surface area contributed by atoms with Crippen LogP contribution < -0.4 is 5.32 Å². The minimum atomic E-state index is -0.923. The summed E-state index contributed by atoms with van der Waals surface area (Å²) in [5, 5.41) is 12.3. The lowest BCUT2D eigenvalue weighted by atomic mass is 9.90. The van der Waals surface area contributed by atoms with Gasteiger partial charge in [0.25, 0.3) is 0 Å². The summed E-state index contributed by atoms with van der Waals surface area (Å²) in [6.07, 6.45) is 0. The molecule has 1 rings (SSSR count). The van der Waals surface area contributed by atoms with E-state index in [1.165, 1.54) is 12.1 Å². The van der Waals surface area contributed by atoms with E-state index in [-0.39, 0.29) is 24.9 Å². The van der Waals surface area contributed by atoms with Crippen LogP contribution in [0.25, 0.3) is 0 Å². The smallest absolute Gasteiger partial charge is 0.235 e. The topological polar surface area (TPSA) is 56.1 Å². The van der Waals surface area contributed by atoms with Crippen molar-refractivity contribution in [3.63, 3.8) is 0 Å². The molecule has 1 aromatic rings. The number of amides is 1. The van der Waals surface area contributed by atoms with E-state index in [1.807, 2.05) is 13.8 Å². The molecule has 0 aliphatic heterocycles. The number of benzene rings is 1. The number of carbonyl (C=O) groups excluding carboxylic acids is 1. The third kappa shape index (κ3) is 4.69. The van der Waals surface area contributed by atoms with Crippen LogP contribution in [-0.4, -0.2) is 29.9 Å². The molecule has 1 atom stereocenters. The Labute approximate surface area is 135 Å². The highest BCUT2D eigenvalue weighted by Crippen LogP contribution is 2.20. The number of likely N-dealkylation sites (N-methyl/N-ethyl adjacent to an activating group) is 1. The number of rotatable bonds is 6. The lowest BCUT2D eigenvalue weighted by Crippen LogP contribution is -2.51. The predicted molar refractivity (Wildman–Crippen MR) is 84.7 cm³/mol. The summed E-state index contributed by atoms with van der Waals surface area (Å²) >= 11 is 5.97. The van der Waals surface area contributed by atoms with Gasteiger partial charge in [-0.2, -0.15) is 5.26 Å². The average Bonchev–Trinajstić information content (AvgIpc) is 2.42. The van der Waals surface area contributed by atoms with Crippen LogP contribution in [0, 0.1) is 23.1 Å². The van der Waals surface area contributed by atoms with E-state index in [0.29, 0.717) is 10.6 Å². The second-order valence-electron chi connectivity index (χ2n) is 5.89. The molecule has 0 saturated heterocycles. The maximum Gasteiger partial charge on any atom is 0.235 e. The van der Waals surface area contributed by atoms with Crippen LogP contribution in [-0.2, 0) is 11.3 Å². The molecule has 1 aromatic carbocycles. The number of carbonyl (C=O) groups is 1. The molecule has 1 N–H and O–H groups in total. The SMILES string of the molecule is CC(C)C(C)(C#N)NC(=O)CN(C)Cc1c(F)cccc1Cl. The summed E-state index contributed by atoms with van der Waals surface area (Å²) in [7, 11) is 1.70. The first-order chi connectivity index (χ1) is 10.2. The van der Waals surface area contributed by atoms with Gasteiger partial charge in [-0.3, -0.25) is 9.69 Å². The number of halogens is 2. The van der Waals surface area contributed by atoms with Gasteiger partial charge in [0.2, 0.25) is 5.91 Å². The van der Waals surface area contributed by atoms with Crippen LogP contribution in [0.2, 0.25) is 5.02 Å². The van der Waals surface area contributed by atoms with E-state index in [0.717, 1.165) is 0 Å². The molecule has 0 fully saturated rings. The number of nitriles is 1. The highest BCUT2D eigenvalue weighted by molar-refractivity contribution is 6.31. The Kier molecular flexibility index (Phi) is 6.34. The molecule has 0 aliphatic carbocycles. The molecule has 1 amide bonds. The van der Waals surface area contributed by atoms with Crippen molar-refractivity contribution in [2.45, 2.75) is 32.9 Å². The predicted octanol–water partition coefficient (Wildman–Crippen LogP) is 2.97. The molecule has 0 aliphatic rings. The van der Waals surface area contributed by atoms with E-state index >= 15 is 0 Å². The Morgan fingerprint density at radius 2 is 2.18 bits per heavy atom.